The Morgan fingerprint density at radius 2 is 0.967 bits per heavy atom. The zero-order valence-corrected chi connectivity index (χ0v) is 19.7. The Hall–Kier alpha value is -0.740. The SMILES string of the molecule is CN=C1CCC(=NC2CCC(NC3CCC(NC4CCC(C)CC4)CC3)CC2)CC1. The van der Waals surface area contributed by atoms with Crippen LogP contribution in [0.3, 0.4) is 0 Å². The van der Waals surface area contributed by atoms with Crippen LogP contribution in [0.1, 0.15) is 110 Å². The van der Waals surface area contributed by atoms with Gasteiger partial charge in [-0.3, -0.25) is 9.98 Å². The highest BCUT2D eigenvalue weighted by Gasteiger charge is 2.28. The summed E-state index contributed by atoms with van der Waals surface area (Å²) in [6.45, 7) is 2.42. The summed E-state index contributed by atoms with van der Waals surface area (Å²) in [7, 11) is 1.94. The minimum atomic E-state index is 0.594. The van der Waals surface area contributed by atoms with Gasteiger partial charge in [0.1, 0.15) is 0 Å². The van der Waals surface area contributed by atoms with Crippen molar-refractivity contribution >= 4 is 11.4 Å². The van der Waals surface area contributed by atoms with Gasteiger partial charge in [-0.05, 0) is 109 Å². The average molecular weight is 415 g/mol. The van der Waals surface area contributed by atoms with E-state index >= 15 is 0 Å². The number of hydrogen-bond acceptors (Lipinski definition) is 4. The third kappa shape index (κ3) is 6.63. The van der Waals surface area contributed by atoms with E-state index in [9.17, 15) is 0 Å². The van der Waals surface area contributed by atoms with Gasteiger partial charge in [0.05, 0.1) is 0 Å². The molecule has 4 heteroatoms. The fourth-order valence-corrected chi connectivity index (χ4v) is 6.33. The second-order valence-corrected chi connectivity index (χ2v) is 10.8. The molecule has 0 radical (unpaired) electrons. The molecule has 2 N–H and O–H groups in total. The van der Waals surface area contributed by atoms with Crippen molar-refractivity contribution in [2.75, 3.05) is 7.05 Å². The van der Waals surface area contributed by atoms with E-state index in [0.29, 0.717) is 6.04 Å². The van der Waals surface area contributed by atoms with Gasteiger partial charge in [0.25, 0.3) is 0 Å². The Morgan fingerprint density at radius 3 is 1.43 bits per heavy atom. The average Bonchev–Trinajstić information content (AvgIpc) is 2.78. The Labute approximate surface area is 185 Å². The van der Waals surface area contributed by atoms with Crippen LogP contribution in [0, 0.1) is 5.92 Å². The van der Waals surface area contributed by atoms with Crippen LogP contribution < -0.4 is 10.6 Å². The summed E-state index contributed by atoms with van der Waals surface area (Å²) in [4.78, 5) is 9.52. The highest BCUT2D eigenvalue weighted by Crippen LogP contribution is 2.28. The van der Waals surface area contributed by atoms with Gasteiger partial charge in [-0.25, -0.2) is 0 Å². The van der Waals surface area contributed by atoms with Crippen molar-refractivity contribution < 1.29 is 0 Å². The molecule has 30 heavy (non-hydrogen) atoms. The van der Waals surface area contributed by atoms with Crippen molar-refractivity contribution in [3.8, 4) is 0 Å². The summed E-state index contributed by atoms with van der Waals surface area (Å²) in [5, 5.41) is 8.04. The second kappa shape index (κ2) is 11.2. The molecule has 4 rings (SSSR count). The van der Waals surface area contributed by atoms with Crippen molar-refractivity contribution in [2.24, 2.45) is 15.9 Å². The normalized spacial score (nSPS) is 38.3. The summed E-state index contributed by atoms with van der Waals surface area (Å²) in [6, 6.07) is 3.67. The molecule has 170 valence electrons. The molecule has 0 unspecified atom stereocenters. The molecule has 0 aromatic carbocycles. The van der Waals surface area contributed by atoms with Crippen LogP contribution in [0.4, 0.5) is 0 Å². The first-order valence-corrected chi connectivity index (χ1v) is 13.2. The lowest BCUT2D eigenvalue weighted by Crippen LogP contribution is -2.47. The molecule has 0 aromatic heterocycles. The first-order valence-electron chi connectivity index (χ1n) is 13.2. The predicted octanol–water partition coefficient (Wildman–Crippen LogP) is 5.45. The molecule has 0 bridgehead atoms. The molecule has 4 fully saturated rings. The van der Waals surface area contributed by atoms with Gasteiger partial charge < -0.3 is 10.6 Å². The number of nitrogens with one attached hydrogen (secondary N) is 2. The standard InChI is InChI=1S/C26H46N4/c1-19-3-5-21(6-4-19)28-23-11-13-25(14-12-23)30-26-17-15-24(16-18-26)29-22-9-7-20(27-2)8-10-22/h19,21,23-26,28,30H,3-18H2,1-2H3. The molecular formula is C26H46N4. The van der Waals surface area contributed by atoms with E-state index in [1.807, 2.05) is 7.05 Å². The molecule has 4 aliphatic rings. The number of nitrogens with zero attached hydrogens (tertiary/aromatic N) is 2. The predicted molar refractivity (Wildman–Crippen MR) is 129 cm³/mol. The van der Waals surface area contributed by atoms with Gasteiger partial charge in [0, 0.05) is 48.7 Å². The number of hydrogen-bond donors (Lipinski definition) is 2. The van der Waals surface area contributed by atoms with Crippen LogP contribution in [-0.4, -0.2) is 48.7 Å². The highest BCUT2D eigenvalue weighted by atomic mass is 15.0. The van der Waals surface area contributed by atoms with Crippen LogP contribution in [0.5, 0.6) is 0 Å². The van der Waals surface area contributed by atoms with Crippen LogP contribution >= 0.6 is 0 Å². The Balaban J connectivity index is 1.11. The maximum atomic E-state index is 5.14. The van der Waals surface area contributed by atoms with E-state index in [1.165, 1.54) is 88.5 Å². The maximum absolute atomic E-state index is 5.14. The Morgan fingerprint density at radius 1 is 0.567 bits per heavy atom. The Kier molecular flexibility index (Phi) is 8.40. The Bertz CT molecular complexity index is 562. The molecule has 4 nitrogen and oxygen atoms in total. The molecular weight excluding hydrogens is 368 g/mol. The van der Waals surface area contributed by atoms with E-state index in [0.717, 1.165) is 55.8 Å². The van der Waals surface area contributed by atoms with Crippen molar-refractivity contribution in [2.45, 2.75) is 140 Å². The lowest BCUT2D eigenvalue weighted by Gasteiger charge is -2.37. The molecule has 0 amide bonds. The summed E-state index contributed by atoms with van der Waals surface area (Å²) in [6.07, 6.45) is 20.9. The van der Waals surface area contributed by atoms with E-state index in [-0.39, 0.29) is 0 Å². The third-order valence-corrected chi connectivity index (χ3v) is 8.47. The number of rotatable bonds is 5. The molecule has 0 aromatic rings. The van der Waals surface area contributed by atoms with Gasteiger partial charge in [0.2, 0.25) is 0 Å². The largest absolute Gasteiger partial charge is 0.311 e. The minimum Gasteiger partial charge on any atom is -0.311 e. The van der Waals surface area contributed by atoms with E-state index in [1.54, 1.807) is 0 Å². The highest BCUT2D eigenvalue weighted by molar-refractivity contribution is 5.98. The fraction of sp³-hybridized carbons (Fsp3) is 0.923. The summed E-state index contributed by atoms with van der Waals surface area (Å²) in [5.41, 5.74) is 2.86. The molecule has 0 heterocycles. The lowest BCUT2D eigenvalue weighted by atomic mass is 9.84. The van der Waals surface area contributed by atoms with Gasteiger partial charge in [-0.2, -0.15) is 0 Å². The first-order chi connectivity index (χ1) is 14.7. The van der Waals surface area contributed by atoms with Crippen molar-refractivity contribution in [3.63, 3.8) is 0 Å². The molecule has 0 atom stereocenters. The van der Waals surface area contributed by atoms with E-state index < -0.39 is 0 Å². The second-order valence-electron chi connectivity index (χ2n) is 10.8. The lowest BCUT2D eigenvalue weighted by molar-refractivity contribution is 0.226. The quantitative estimate of drug-likeness (QED) is 0.628. The molecule has 4 aliphatic carbocycles. The smallest absolute Gasteiger partial charge is 0.0500 e. The van der Waals surface area contributed by atoms with Gasteiger partial charge >= 0.3 is 0 Å². The molecule has 0 spiro atoms. The van der Waals surface area contributed by atoms with Gasteiger partial charge in [-0.15, -0.1) is 0 Å². The molecule has 0 aliphatic heterocycles. The first kappa shape index (κ1) is 22.5. The van der Waals surface area contributed by atoms with Crippen molar-refractivity contribution in [1.29, 1.82) is 0 Å². The van der Waals surface area contributed by atoms with Gasteiger partial charge in [-0.1, -0.05) is 6.92 Å². The van der Waals surface area contributed by atoms with E-state index in [4.69, 9.17) is 4.99 Å². The summed E-state index contributed by atoms with van der Waals surface area (Å²) >= 11 is 0. The fourth-order valence-electron chi connectivity index (χ4n) is 6.33. The zero-order valence-electron chi connectivity index (χ0n) is 19.7. The maximum Gasteiger partial charge on any atom is 0.0500 e. The van der Waals surface area contributed by atoms with Crippen molar-refractivity contribution in [1.82, 2.24) is 10.6 Å². The van der Waals surface area contributed by atoms with Crippen LogP contribution in [-0.2, 0) is 0 Å². The van der Waals surface area contributed by atoms with Crippen LogP contribution in [0.2, 0.25) is 0 Å². The van der Waals surface area contributed by atoms with E-state index in [2.05, 4.69) is 22.5 Å². The number of aliphatic imine (C=N–C) groups is 2. The monoisotopic (exact) mass is 414 g/mol. The third-order valence-electron chi connectivity index (χ3n) is 8.47. The van der Waals surface area contributed by atoms with Crippen LogP contribution in [0.25, 0.3) is 0 Å². The summed E-state index contributed by atoms with van der Waals surface area (Å²) < 4.78 is 0. The van der Waals surface area contributed by atoms with Crippen molar-refractivity contribution in [3.05, 3.63) is 0 Å². The zero-order chi connectivity index (χ0) is 20.8. The molecule has 4 saturated carbocycles. The van der Waals surface area contributed by atoms with Gasteiger partial charge in [0.15, 0.2) is 0 Å². The minimum absolute atomic E-state index is 0.594. The topological polar surface area (TPSA) is 48.8 Å². The van der Waals surface area contributed by atoms with Crippen LogP contribution in [0.15, 0.2) is 9.98 Å². The summed E-state index contributed by atoms with van der Waals surface area (Å²) in [5.74, 6) is 0.954. The molecule has 0 saturated heterocycles.